The highest BCUT2D eigenvalue weighted by Crippen LogP contribution is 2.51. The Kier molecular flexibility index (Phi) is 8.14. The number of fused-ring (bicyclic) bond motifs is 10. The fourth-order valence-corrected chi connectivity index (χ4v) is 12.1. The van der Waals surface area contributed by atoms with Crippen molar-refractivity contribution in [2.45, 2.75) is 0 Å². The molecule has 0 aliphatic heterocycles. The highest BCUT2D eigenvalue weighted by molar-refractivity contribution is 7.86. The average Bonchev–Trinajstić information content (AvgIpc) is 3.32. The highest BCUT2D eigenvalue weighted by Gasteiger charge is 2.35. The van der Waals surface area contributed by atoms with Crippen LogP contribution >= 0.6 is 7.14 Å². The zero-order valence-corrected chi connectivity index (χ0v) is 32.9. The molecule has 0 aliphatic carbocycles. The Morgan fingerprint density at radius 3 is 1.42 bits per heavy atom. The topological polar surface area (TPSA) is 71.0 Å². The molecule has 11 aromatic rings. The van der Waals surface area contributed by atoms with Crippen molar-refractivity contribution in [2.75, 3.05) is 0 Å². The molecule has 0 fully saturated rings. The summed E-state index contributed by atoms with van der Waals surface area (Å²) < 4.78 is 17.4. The van der Waals surface area contributed by atoms with Gasteiger partial charge in [-0.25, -0.2) is 14.8 Å². The number of nitriles is 1. The van der Waals surface area contributed by atoms with Gasteiger partial charge in [-0.1, -0.05) is 158 Å². The molecule has 9 aromatic carbocycles. The molecular formula is C54H31N4OP. The van der Waals surface area contributed by atoms with Crippen molar-refractivity contribution in [3.05, 3.63) is 205 Å². The molecule has 11 rings (SSSR count). The number of nitrogens with zero attached hydrogens (tertiary/aromatic N) is 4. The van der Waals surface area contributed by atoms with Gasteiger partial charge in [0.15, 0.2) is 12.8 Å². The van der Waals surface area contributed by atoms with Gasteiger partial charge >= 0.3 is 0 Å². The Bertz CT molecular complexity index is 3480. The van der Waals surface area contributed by atoms with Crippen molar-refractivity contribution in [1.29, 1.82) is 5.26 Å². The largest absolute Gasteiger partial charge is 0.309 e. The molecule has 2 heterocycles. The van der Waals surface area contributed by atoms with Gasteiger partial charge < -0.3 is 4.57 Å². The number of hydrogen-bond donors (Lipinski definition) is 0. The van der Waals surface area contributed by atoms with Gasteiger partial charge in [0.2, 0.25) is 0 Å². The van der Waals surface area contributed by atoms with E-state index in [1.165, 1.54) is 0 Å². The van der Waals surface area contributed by atoms with Gasteiger partial charge in [-0.3, -0.25) is 0 Å². The zero-order valence-electron chi connectivity index (χ0n) is 32.0. The first-order chi connectivity index (χ1) is 29.5. The second-order valence-corrected chi connectivity index (χ2v) is 17.7. The average molecular weight is 783 g/mol. The van der Waals surface area contributed by atoms with E-state index >= 15 is 4.57 Å². The molecule has 0 saturated carbocycles. The van der Waals surface area contributed by atoms with Gasteiger partial charge in [0, 0.05) is 59.4 Å². The molecule has 278 valence electrons. The smallest absolute Gasteiger partial charge is 0.189 e. The highest BCUT2D eigenvalue weighted by atomic mass is 31.2. The van der Waals surface area contributed by atoms with Crippen molar-refractivity contribution < 1.29 is 4.57 Å². The molecule has 0 bridgehead atoms. The monoisotopic (exact) mass is 782 g/mol. The Balaban J connectivity index is 1.34. The summed E-state index contributed by atoms with van der Waals surface area (Å²) in [5.74, 6) is 0. The SMILES string of the molecule is [C-]#[N+]c1ccc2c(c1)nc(-c1ccccc1)c1cc(P(=O)(c3ccccc3)c3cc4c(-c5ccccc5)nc5cc(C#N)ccc5c4c4ccccc34)c3ccccc3c12. The summed E-state index contributed by atoms with van der Waals surface area (Å²) >= 11 is 0. The van der Waals surface area contributed by atoms with Crippen LogP contribution < -0.4 is 15.9 Å². The van der Waals surface area contributed by atoms with E-state index in [2.05, 4.69) is 59.4 Å². The number of rotatable bonds is 5. The summed E-state index contributed by atoms with van der Waals surface area (Å²) in [5, 5.41) is 21.3. The third-order valence-corrected chi connectivity index (χ3v) is 14.8. The lowest BCUT2D eigenvalue weighted by Gasteiger charge is -2.26. The first-order valence-electron chi connectivity index (χ1n) is 19.7. The first-order valence-corrected chi connectivity index (χ1v) is 21.4. The van der Waals surface area contributed by atoms with Crippen molar-refractivity contribution in [1.82, 2.24) is 9.97 Å². The standard InChI is InChI=1S/C54H31N4OP/c1-56-37-26-28-44-48(30-37)58-54(36-17-7-3-8-18-36)46-32-50(40-22-12-14-24-42(40)52(44)46)60(59,38-19-9-4-10-20-38)49-31-45-51(41-23-13-11-21-39(41)49)43-27-25-34(33-55)29-47(43)57-53(45)35-15-5-2-6-16-35/h2-32H. The quantitative estimate of drug-likeness (QED) is 0.0990. The molecule has 0 amide bonds. The third-order valence-electron chi connectivity index (χ3n) is 11.7. The molecule has 0 N–H and O–H groups in total. The van der Waals surface area contributed by atoms with Crippen molar-refractivity contribution in [3.63, 3.8) is 0 Å². The number of hydrogen-bond acceptors (Lipinski definition) is 4. The van der Waals surface area contributed by atoms with Gasteiger partial charge in [0.25, 0.3) is 0 Å². The van der Waals surface area contributed by atoms with Crippen LogP contribution in [-0.4, -0.2) is 9.97 Å². The van der Waals surface area contributed by atoms with E-state index in [0.717, 1.165) is 87.4 Å². The maximum absolute atomic E-state index is 17.4. The van der Waals surface area contributed by atoms with Crippen molar-refractivity contribution >= 4 is 93.6 Å². The molecule has 1 atom stereocenters. The van der Waals surface area contributed by atoms with E-state index in [9.17, 15) is 5.26 Å². The van der Waals surface area contributed by atoms with Crippen LogP contribution in [0.3, 0.4) is 0 Å². The summed E-state index contributed by atoms with van der Waals surface area (Å²) in [6.45, 7) is 7.77. The van der Waals surface area contributed by atoms with Crippen LogP contribution in [-0.2, 0) is 4.57 Å². The van der Waals surface area contributed by atoms with Gasteiger partial charge in [0.1, 0.15) is 0 Å². The number of pyridine rings is 2. The molecular weight excluding hydrogens is 752 g/mol. The fourth-order valence-electron chi connectivity index (χ4n) is 9.03. The van der Waals surface area contributed by atoms with Gasteiger partial charge in [-0.05, 0) is 51.9 Å². The molecule has 0 radical (unpaired) electrons. The van der Waals surface area contributed by atoms with E-state index in [1.54, 1.807) is 0 Å². The van der Waals surface area contributed by atoms with Crippen LogP contribution in [0.5, 0.6) is 0 Å². The summed E-state index contributed by atoms with van der Waals surface area (Å²) in [4.78, 5) is 14.3. The Labute approximate surface area is 345 Å². The van der Waals surface area contributed by atoms with Crippen LogP contribution in [0.4, 0.5) is 5.69 Å². The molecule has 0 aliphatic rings. The Hall–Kier alpha value is -7.95. The molecule has 60 heavy (non-hydrogen) atoms. The number of aromatic nitrogens is 2. The maximum atomic E-state index is 17.4. The molecule has 6 heteroatoms. The predicted octanol–water partition coefficient (Wildman–Crippen LogP) is 12.8. The summed E-state index contributed by atoms with van der Waals surface area (Å²) in [6, 6.07) is 64.5. The lowest BCUT2D eigenvalue weighted by molar-refractivity contribution is 0.593. The molecule has 5 nitrogen and oxygen atoms in total. The minimum atomic E-state index is -3.78. The predicted molar refractivity (Wildman–Crippen MR) is 248 cm³/mol. The Morgan fingerprint density at radius 2 is 0.917 bits per heavy atom. The third kappa shape index (κ3) is 5.35. The Morgan fingerprint density at radius 1 is 0.467 bits per heavy atom. The van der Waals surface area contributed by atoms with Crippen molar-refractivity contribution in [2.24, 2.45) is 0 Å². The molecule has 2 aromatic heterocycles. The normalized spacial score (nSPS) is 12.5. The van der Waals surface area contributed by atoms with Crippen LogP contribution in [0.15, 0.2) is 188 Å². The molecule has 0 saturated heterocycles. The summed E-state index contributed by atoms with van der Waals surface area (Å²) in [7, 11) is -3.78. The van der Waals surface area contributed by atoms with E-state index in [1.807, 2.05) is 140 Å². The fraction of sp³-hybridized carbons (Fsp3) is 0. The summed E-state index contributed by atoms with van der Waals surface area (Å²) in [5.41, 5.74) is 5.87. The van der Waals surface area contributed by atoms with E-state index in [-0.39, 0.29) is 0 Å². The second kappa shape index (κ2) is 13.9. The van der Waals surface area contributed by atoms with Crippen molar-refractivity contribution in [3.8, 4) is 28.6 Å². The van der Waals surface area contributed by atoms with Gasteiger partial charge in [0.05, 0.1) is 40.6 Å². The van der Waals surface area contributed by atoms with Gasteiger partial charge in [-0.2, -0.15) is 5.26 Å². The summed E-state index contributed by atoms with van der Waals surface area (Å²) in [6.07, 6.45) is 0. The molecule has 1 unspecified atom stereocenters. The first kappa shape index (κ1) is 35.2. The van der Waals surface area contributed by atoms with Crippen LogP contribution in [0, 0.1) is 17.9 Å². The van der Waals surface area contributed by atoms with E-state index in [0.29, 0.717) is 27.2 Å². The minimum Gasteiger partial charge on any atom is -0.309 e. The van der Waals surface area contributed by atoms with Crippen LogP contribution in [0.1, 0.15) is 5.56 Å². The zero-order chi connectivity index (χ0) is 40.4. The van der Waals surface area contributed by atoms with Crippen LogP contribution in [0.2, 0.25) is 0 Å². The maximum Gasteiger partial charge on any atom is 0.189 e. The molecule has 0 spiro atoms. The minimum absolute atomic E-state index is 0.522. The second-order valence-electron chi connectivity index (χ2n) is 15.0. The van der Waals surface area contributed by atoms with Gasteiger partial charge in [-0.15, -0.1) is 0 Å². The lowest BCUT2D eigenvalue weighted by atomic mass is 9.94. The lowest BCUT2D eigenvalue weighted by Crippen LogP contribution is -2.26. The van der Waals surface area contributed by atoms with E-state index in [4.69, 9.17) is 16.5 Å². The van der Waals surface area contributed by atoms with Crippen LogP contribution in [0.25, 0.3) is 92.3 Å². The number of benzene rings is 9. The van der Waals surface area contributed by atoms with E-state index < -0.39 is 7.14 Å².